The summed E-state index contributed by atoms with van der Waals surface area (Å²) in [6.45, 7) is -0.206. The molecule has 3 nitrogen and oxygen atoms in total. The Kier molecular flexibility index (Phi) is 2.83. The van der Waals surface area contributed by atoms with E-state index in [1.807, 2.05) is 0 Å². The van der Waals surface area contributed by atoms with E-state index in [9.17, 15) is 4.39 Å². The summed E-state index contributed by atoms with van der Waals surface area (Å²) < 4.78 is 17.7. The zero-order chi connectivity index (χ0) is 9.68. The Hall–Kier alpha value is -2.07. The van der Waals surface area contributed by atoms with Gasteiger partial charge < -0.3 is 4.74 Å². The molecule has 1 aromatic carbocycles. The highest BCUT2D eigenvalue weighted by Crippen LogP contribution is 2.17. The van der Waals surface area contributed by atoms with Gasteiger partial charge in [0.1, 0.15) is 6.07 Å². The lowest BCUT2D eigenvalue weighted by Crippen LogP contribution is -1.96. The Labute approximate surface area is 74.6 Å². The number of halogens is 1. The summed E-state index contributed by atoms with van der Waals surface area (Å²) in [7, 11) is 0. The van der Waals surface area contributed by atoms with Gasteiger partial charge >= 0.3 is 0 Å². The van der Waals surface area contributed by atoms with E-state index in [2.05, 4.69) is 0 Å². The first kappa shape index (κ1) is 9.02. The topological polar surface area (TPSA) is 56.8 Å². The van der Waals surface area contributed by atoms with E-state index in [1.54, 1.807) is 12.1 Å². The van der Waals surface area contributed by atoms with Gasteiger partial charge in [0.2, 0.25) is 0 Å². The van der Waals surface area contributed by atoms with Gasteiger partial charge in [-0.05, 0) is 18.2 Å². The molecule has 0 aliphatic carbocycles. The van der Waals surface area contributed by atoms with Crippen LogP contribution >= 0.6 is 0 Å². The van der Waals surface area contributed by atoms with Crippen LogP contribution in [0.4, 0.5) is 4.39 Å². The first-order chi connectivity index (χ1) is 6.27. The number of rotatable bonds is 2. The van der Waals surface area contributed by atoms with Crippen LogP contribution in [-0.2, 0) is 0 Å². The highest BCUT2D eigenvalue weighted by atomic mass is 19.1. The van der Waals surface area contributed by atoms with Crippen LogP contribution in [0.15, 0.2) is 18.2 Å². The fraction of sp³-hybridized carbons (Fsp3) is 0.111. The third kappa shape index (κ3) is 2.18. The predicted molar refractivity (Wildman–Crippen MR) is 42.2 cm³/mol. The van der Waals surface area contributed by atoms with Gasteiger partial charge in [0.25, 0.3) is 0 Å². The van der Waals surface area contributed by atoms with Crippen molar-refractivity contribution in [1.82, 2.24) is 0 Å². The smallest absolute Gasteiger partial charge is 0.174 e. The lowest BCUT2D eigenvalue weighted by molar-refractivity contribution is 0.346. The van der Waals surface area contributed by atoms with Gasteiger partial charge in [-0.25, -0.2) is 4.39 Å². The van der Waals surface area contributed by atoms with Crippen molar-refractivity contribution in [3.63, 3.8) is 0 Å². The fourth-order valence-electron chi connectivity index (χ4n) is 0.797. The molecule has 0 fully saturated rings. The molecule has 1 rings (SSSR count). The molecule has 0 spiro atoms. The lowest BCUT2D eigenvalue weighted by atomic mass is 10.2. The zero-order valence-corrected chi connectivity index (χ0v) is 6.62. The molecule has 0 saturated carbocycles. The zero-order valence-electron chi connectivity index (χ0n) is 6.62. The molecule has 13 heavy (non-hydrogen) atoms. The minimum Gasteiger partial charge on any atom is -0.476 e. The minimum atomic E-state index is -0.630. The van der Waals surface area contributed by atoms with Gasteiger partial charge in [0, 0.05) is 0 Å². The third-order valence-electron chi connectivity index (χ3n) is 1.35. The van der Waals surface area contributed by atoms with Gasteiger partial charge in [-0.15, -0.1) is 0 Å². The largest absolute Gasteiger partial charge is 0.476 e. The van der Waals surface area contributed by atoms with Crippen LogP contribution in [0.3, 0.4) is 0 Å². The Bertz CT molecular complexity index is 390. The predicted octanol–water partition coefficient (Wildman–Crippen LogP) is 1.60. The second kappa shape index (κ2) is 4.08. The van der Waals surface area contributed by atoms with Crippen molar-refractivity contribution in [3.05, 3.63) is 29.6 Å². The molecule has 0 aliphatic heterocycles. The second-order valence-electron chi connectivity index (χ2n) is 2.20. The van der Waals surface area contributed by atoms with Crippen LogP contribution in [0.1, 0.15) is 5.56 Å². The van der Waals surface area contributed by atoms with E-state index in [1.165, 1.54) is 12.1 Å². The van der Waals surface area contributed by atoms with Gasteiger partial charge in [-0.1, -0.05) is 0 Å². The number of hydrogen-bond acceptors (Lipinski definition) is 3. The molecule has 0 saturated heterocycles. The number of ether oxygens (including phenoxy) is 1. The van der Waals surface area contributed by atoms with E-state index >= 15 is 0 Å². The van der Waals surface area contributed by atoms with Crippen molar-refractivity contribution in [2.24, 2.45) is 0 Å². The van der Waals surface area contributed by atoms with Gasteiger partial charge in [-0.3, -0.25) is 0 Å². The number of hydrogen-bond donors (Lipinski definition) is 0. The van der Waals surface area contributed by atoms with Crippen molar-refractivity contribution in [2.75, 3.05) is 6.61 Å². The molecule has 4 heteroatoms. The number of nitriles is 2. The van der Waals surface area contributed by atoms with E-state index in [-0.39, 0.29) is 17.9 Å². The third-order valence-corrected chi connectivity index (χ3v) is 1.35. The van der Waals surface area contributed by atoms with Crippen molar-refractivity contribution in [3.8, 4) is 17.9 Å². The lowest BCUT2D eigenvalue weighted by Gasteiger charge is -2.01. The van der Waals surface area contributed by atoms with E-state index in [4.69, 9.17) is 15.3 Å². The molecule has 64 valence electrons. The summed E-state index contributed by atoms with van der Waals surface area (Å²) >= 11 is 0. The van der Waals surface area contributed by atoms with Crippen LogP contribution in [0.5, 0.6) is 5.75 Å². The maximum atomic E-state index is 13.0. The standard InChI is InChI=1S/C9H5FN2O/c10-8-5-7(6-12)1-2-9(8)13-4-3-11/h1-2,5H,4H2. The van der Waals surface area contributed by atoms with Gasteiger partial charge in [0.05, 0.1) is 11.6 Å². The Morgan fingerprint density at radius 2 is 2.15 bits per heavy atom. The molecule has 0 N–H and O–H groups in total. The van der Waals surface area contributed by atoms with Crippen molar-refractivity contribution >= 4 is 0 Å². The SMILES string of the molecule is N#CCOc1ccc(C#N)cc1F. The maximum Gasteiger partial charge on any atom is 0.174 e. The van der Waals surface area contributed by atoms with Crippen molar-refractivity contribution in [1.29, 1.82) is 10.5 Å². The molecule has 0 aliphatic rings. The van der Waals surface area contributed by atoms with Crippen LogP contribution in [0.25, 0.3) is 0 Å². The molecular weight excluding hydrogens is 171 g/mol. The van der Waals surface area contributed by atoms with Crippen LogP contribution in [-0.4, -0.2) is 6.61 Å². The summed E-state index contributed by atoms with van der Waals surface area (Å²) in [6.07, 6.45) is 0. The first-order valence-corrected chi connectivity index (χ1v) is 3.47. The van der Waals surface area contributed by atoms with Crippen LogP contribution in [0, 0.1) is 28.5 Å². The van der Waals surface area contributed by atoms with Crippen molar-refractivity contribution < 1.29 is 9.13 Å². The normalized spacial score (nSPS) is 8.54. The van der Waals surface area contributed by atoms with E-state index in [0.717, 1.165) is 6.07 Å². The second-order valence-corrected chi connectivity index (χ2v) is 2.20. The molecule has 0 heterocycles. The van der Waals surface area contributed by atoms with E-state index < -0.39 is 5.82 Å². The Morgan fingerprint density at radius 1 is 1.38 bits per heavy atom. The molecule has 0 atom stereocenters. The average Bonchev–Trinajstić information content (AvgIpc) is 2.16. The van der Waals surface area contributed by atoms with Crippen LogP contribution in [0.2, 0.25) is 0 Å². The first-order valence-electron chi connectivity index (χ1n) is 3.47. The maximum absolute atomic E-state index is 13.0. The quantitative estimate of drug-likeness (QED) is 0.687. The summed E-state index contributed by atoms with van der Waals surface area (Å²) in [5, 5.41) is 16.6. The highest BCUT2D eigenvalue weighted by Gasteiger charge is 2.03. The van der Waals surface area contributed by atoms with E-state index in [0.29, 0.717) is 0 Å². The van der Waals surface area contributed by atoms with Gasteiger partial charge in [-0.2, -0.15) is 10.5 Å². The Morgan fingerprint density at radius 3 is 2.69 bits per heavy atom. The average molecular weight is 176 g/mol. The Balaban J connectivity index is 2.88. The summed E-state index contributed by atoms with van der Waals surface area (Å²) in [5.41, 5.74) is 0.224. The molecule has 0 bridgehead atoms. The molecule has 0 aromatic heterocycles. The summed E-state index contributed by atoms with van der Waals surface area (Å²) in [4.78, 5) is 0. The summed E-state index contributed by atoms with van der Waals surface area (Å²) in [5.74, 6) is -0.644. The highest BCUT2D eigenvalue weighted by molar-refractivity contribution is 5.36. The minimum absolute atomic E-state index is 0.0134. The van der Waals surface area contributed by atoms with Crippen molar-refractivity contribution in [2.45, 2.75) is 0 Å². The number of benzene rings is 1. The molecule has 1 aromatic rings. The monoisotopic (exact) mass is 176 g/mol. The molecule has 0 amide bonds. The molecule has 0 unspecified atom stereocenters. The number of nitrogens with zero attached hydrogens (tertiary/aromatic N) is 2. The fourth-order valence-corrected chi connectivity index (χ4v) is 0.797. The molecular formula is C9H5FN2O. The summed E-state index contributed by atoms with van der Waals surface area (Å²) in [6, 6.07) is 7.32. The molecule has 0 radical (unpaired) electrons. The van der Waals surface area contributed by atoms with Crippen LogP contribution < -0.4 is 4.74 Å². The van der Waals surface area contributed by atoms with Gasteiger partial charge in [0.15, 0.2) is 18.2 Å².